The lowest BCUT2D eigenvalue weighted by Crippen LogP contribution is -2.41. The number of hydrogen-bond acceptors (Lipinski definition) is 4. The standard InChI is InChI=1S/C28H36N2O5/c1-4-9-20(15-26(31)29-16-19(18(2)3)14-27(32)33)30-28(34)35-17-25-23-12-7-5-10-21(23)22-11-6-8-13-24(22)25/h5-8,10-13,18-20,25H,4,9,14-17H2,1-3H3,(H,29,31)(H,30,34)(H,32,33)/t19?,20-/m0/s1. The molecule has 0 saturated heterocycles. The van der Waals surface area contributed by atoms with Crippen molar-refractivity contribution in [1.29, 1.82) is 0 Å². The molecule has 2 atom stereocenters. The fourth-order valence-corrected chi connectivity index (χ4v) is 4.69. The fourth-order valence-electron chi connectivity index (χ4n) is 4.69. The van der Waals surface area contributed by atoms with Gasteiger partial charge in [0.25, 0.3) is 0 Å². The van der Waals surface area contributed by atoms with Gasteiger partial charge in [-0.25, -0.2) is 4.79 Å². The van der Waals surface area contributed by atoms with E-state index in [-0.39, 0.29) is 49.2 Å². The van der Waals surface area contributed by atoms with Gasteiger partial charge >= 0.3 is 12.1 Å². The number of carboxylic acid groups (broad SMARTS) is 1. The van der Waals surface area contributed by atoms with Crippen LogP contribution in [0.4, 0.5) is 4.79 Å². The molecule has 1 aliphatic carbocycles. The number of ether oxygens (including phenoxy) is 1. The average molecular weight is 481 g/mol. The molecular formula is C28H36N2O5. The number of carboxylic acids is 1. The number of carbonyl (C=O) groups is 3. The highest BCUT2D eigenvalue weighted by molar-refractivity contribution is 5.79. The summed E-state index contributed by atoms with van der Waals surface area (Å²) in [6, 6.07) is 16.0. The van der Waals surface area contributed by atoms with Crippen molar-refractivity contribution in [2.75, 3.05) is 13.2 Å². The van der Waals surface area contributed by atoms with Crippen molar-refractivity contribution < 1.29 is 24.2 Å². The molecule has 0 spiro atoms. The van der Waals surface area contributed by atoms with Crippen LogP contribution in [0.15, 0.2) is 48.5 Å². The van der Waals surface area contributed by atoms with Gasteiger partial charge in [-0.15, -0.1) is 0 Å². The quantitative estimate of drug-likeness (QED) is 0.399. The van der Waals surface area contributed by atoms with Gasteiger partial charge in [0.05, 0.1) is 6.42 Å². The van der Waals surface area contributed by atoms with E-state index in [9.17, 15) is 14.4 Å². The monoisotopic (exact) mass is 480 g/mol. The first-order valence-corrected chi connectivity index (χ1v) is 12.4. The summed E-state index contributed by atoms with van der Waals surface area (Å²) in [6.07, 6.45) is 1.03. The predicted molar refractivity (Wildman–Crippen MR) is 135 cm³/mol. The van der Waals surface area contributed by atoms with Crippen molar-refractivity contribution in [1.82, 2.24) is 10.6 Å². The number of benzene rings is 2. The van der Waals surface area contributed by atoms with E-state index in [4.69, 9.17) is 9.84 Å². The second kappa shape index (κ2) is 12.4. The molecule has 7 nitrogen and oxygen atoms in total. The predicted octanol–water partition coefficient (Wildman–Crippen LogP) is 4.95. The van der Waals surface area contributed by atoms with Gasteiger partial charge in [-0.3, -0.25) is 9.59 Å². The molecule has 3 rings (SSSR count). The summed E-state index contributed by atoms with van der Waals surface area (Å²) in [7, 11) is 0. The Bertz CT molecular complexity index is 990. The third kappa shape index (κ3) is 7.07. The Balaban J connectivity index is 1.54. The van der Waals surface area contributed by atoms with Crippen LogP contribution in [0, 0.1) is 11.8 Å². The van der Waals surface area contributed by atoms with Crippen LogP contribution in [0.3, 0.4) is 0 Å². The van der Waals surface area contributed by atoms with E-state index < -0.39 is 12.1 Å². The van der Waals surface area contributed by atoms with Gasteiger partial charge in [0.15, 0.2) is 0 Å². The first-order chi connectivity index (χ1) is 16.8. The Morgan fingerprint density at radius 3 is 2.11 bits per heavy atom. The summed E-state index contributed by atoms with van der Waals surface area (Å²) in [5.41, 5.74) is 4.62. The number of carbonyl (C=O) groups excluding carboxylic acids is 2. The Morgan fingerprint density at radius 1 is 0.971 bits per heavy atom. The maximum absolute atomic E-state index is 12.6. The zero-order valence-electron chi connectivity index (χ0n) is 20.8. The third-order valence-corrected chi connectivity index (χ3v) is 6.68. The first kappa shape index (κ1) is 26.3. The SMILES string of the molecule is CCC[C@@H](CC(=O)NCC(CC(=O)O)C(C)C)NC(=O)OCC1c2ccccc2-c2ccccc21. The Morgan fingerprint density at radius 2 is 1.57 bits per heavy atom. The molecule has 2 amide bonds. The van der Waals surface area contributed by atoms with Crippen molar-refractivity contribution in [3.05, 3.63) is 59.7 Å². The molecule has 0 bridgehead atoms. The van der Waals surface area contributed by atoms with Crippen molar-refractivity contribution in [3.63, 3.8) is 0 Å². The maximum Gasteiger partial charge on any atom is 0.407 e. The highest BCUT2D eigenvalue weighted by atomic mass is 16.5. The largest absolute Gasteiger partial charge is 0.481 e. The Labute approximate surface area is 207 Å². The number of nitrogens with one attached hydrogen (secondary N) is 2. The topological polar surface area (TPSA) is 105 Å². The van der Waals surface area contributed by atoms with Gasteiger partial charge in [-0.05, 0) is 40.5 Å². The summed E-state index contributed by atoms with van der Waals surface area (Å²) in [4.78, 5) is 36.2. The molecular weight excluding hydrogens is 444 g/mol. The van der Waals surface area contributed by atoms with E-state index >= 15 is 0 Å². The number of amides is 2. The zero-order chi connectivity index (χ0) is 25.4. The third-order valence-electron chi connectivity index (χ3n) is 6.68. The molecule has 2 aromatic rings. The van der Waals surface area contributed by atoms with E-state index in [0.717, 1.165) is 17.5 Å². The molecule has 0 aromatic heterocycles. The summed E-state index contributed by atoms with van der Waals surface area (Å²) in [5, 5.41) is 14.8. The molecule has 2 aromatic carbocycles. The lowest BCUT2D eigenvalue weighted by Gasteiger charge is -2.22. The zero-order valence-corrected chi connectivity index (χ0v) is 20.8. The average Bonchev–Trinajstić information content (AvgIpc) is 3.14. The molecule has 1 unspecified atom stereocenters. The van der Waals surface area contributed by atoms with Crippen LogP contribution < -0.4 is 10.6 Å². The first-order valence-electron chi connectivity index (χ1n) is 12.4. The van der Waals surface area contributed by atoms with E-state index in [1.165, 1.54) is 11.1 Å². The van der Waals surface area contributed by atoms with Crippen LogP contribution in [0.2, 0.25) is 0 Å². The van der Waals surface area contributed by atoms with Gasteiger partial charge in [0.1, 0.15) is 6.61 Å². The summed E-state index contributed by atoms with van der Waals surface area (Å²) in [5.74, 6) is -1.12. The second-order valence-electron chi connectivity index (χ2n) is 9.57. The molecule has 7 heteroatoms. The highest BCUT2D eigenvalue weighted by Crippen LogP contribution is 2.44. The molecule has 0 saturated carbocycles. The van der Waals surface area contributed by atoms with Crippen LogP contribution in [0.25, 0.3) is 11.1 Å². The van der Waals surface area contributed by atoms with Gasteiger partial charge < -0.3 is 20.5 Å². The summed E-state index contributed by atoms with van der Waals surface area (Å²) >= 11 is 0. The van der Waals surface area contributed by atoms with Crippen LogP contribution in [0.5, 0.6) is 0 Å². The fraction of sp³-hybridized carbons (Fsp3) is 0.464. The van der Waals surface area contributed by atoms with Crippen LogP contribution in [-0.2, 0) is 14.3 Å². The van der Waals surface area contributed by atoms with E-state index in [1.54, 1.807) is 0 Å². The second-order valence-corrected chi connectivity index (χ2v) is 9.57. The van der Waals surface area contributed by atoms with Crippen LogP contribution in [0.1, 0.15) is 63.5 Å². The molecule has 188 valence electrons. The molecule has 0 radical (unpaired) electrons. The smallest absolute Gasteiger partial charge is 0.407 e. The lowest BCUT2D eigenvalue weighted by molar-refractivity contribution is -0.138. The molecule has 0 heterocycles. The summed E-state index contributed by atoms with van der Waals surface area (Å²) < 4.78 is 5.62. The van der Waals surface area contributed by atoms with Gasteiger partial charge in [-0.1, -0.05) is 75.7 Å². The van der Waals surface area contributed by atoms with Gasteiger partial charge in [-0.2, -0.15) is 0 Å². The number of rotatable bonds is 12. The number of aliphatic carboxylic acids is 1. The molecule has 1 aliphatic rings. The highest BCUT2D eigenvalue weighted by Gasteiger charge is 2.29. The maximum atomic E-state index is 12.6. The lowest BCUT2D eigenvalue weighted by atomic mass is 9.92. The van der Waals surface area contributed by atoms with Crippen LogP contribution in [-0.4, -0.2) is 42.3 Å². The van der Waals surface area contributed by atoms with Crippen molar-refractivity contribution >= 4 is 18.0 Å². The van der Waals surface area contributed by atoms with E-state index in [0.29, 0.717) is 13.0 Å². The molecule has 3 N–H and O–H groups in total. The molecule has 0 aliphatic heterocycles. The number of alkyl carbamates (subject to hydrolysis) is 1. The van der Waals surface area contributed by atoms with E-state index in [2.05, 4.69) is 34.9 Å². The molecule has 35 heavy (non-hydrogen) atoms. The van der Waals surface area contributed by atoms with Crippen molar-refractivity contribution in [3.8, 4) is 11.1 Å². The minimum atomic E-state index is -0.876. The minimum Gasteiger partial charge on any atom is -0.481 e. The van der Waals surface area contributed by atoms with Crippen LogP contribution >= 0.6 is 0 Å². The normalized spacial score (nSPS) is 14.1. The summed E-state index contributed by atoms with van der Waals surface area (Å²) in [6.45, 7) is 6.39. The van der Waals surface area contributed by atoms with Gasteiger partial charge in [0, 0.05) is 24.9 Å². The number of fused-ring (bicyclic) bond motifs is 3. The minimum absolute atomic E-state index is 0.00827. The van der Waals surface area contributed by atoms with Gasteiger partial charge in [0.2, 0.25) is 5.91 Å². The number of hydrogen-bond donors (Lipinski definition) is 3. The Kier molecular flexibility index (Phi) is 9.29. The van der Waals surface area contributed by atoms with Crippen molar-refractivity contribution in [2.24, 2.45) is 11.8 Å². The molecule has 0 fully saturated rings. The Hall–Kier alpha value is -3.35. The van der Waals surface area contributed by atoms with E-state index in [1.807, 2.05) is 45.0 Å². The van der Waals surface area contributed by atoms with Crippen molar-refractivity contribution in [2.45, 2.75) is 58.4 Å².